The molecule has 1 fully saturated rings. The molecule has 0 aromatic carbocycles. The fraction of sp³-hybridized carbons (Fsp3) is 0.786. The molecule has 3 heterocycles. The van der Waals surface area contributed by atoms with Crippen molar-refractivity contribution in [2.75, 3.05) is 38.5 Å². The van der Waals surface area contributed by atoms with E-state index in [1.165, 1.54) is 31.7 Å². The van der Waals surface area contributed by atoms with E-state index in [9.17, 15) is 0 Å². The van der Waals surface area contributed by atoms with Gasteiger partial charge in [0.15, 0.2) is 0 Å². The van der Waals surface area contributed by atoms with Gasteiger partial charge in [-0.05, 0) is 33.4 Å². The maximum atomic E-state index is 4.53. The number of rotatable bonds is 3. The van der Waals surface area contributed by atoms with Crippen LogP contribution in [0.5, 0.6) is 0 Å². The molecule has 5 nitrogen and oxygen atoms in total. The van der Waals surface area contributed by atoms with E-state index >= 15 is 0 Å². The van der Waals surface area contributed by atoms with Crippen molar-refractivity contribution < 1.29 is 0 Å². The molecule has 0 radical (unpaired) electrons. The zero-order valence-corrected chi connectivity index (χ0v) is 12.0. The number of aromatic nitrogens is 2. The minimum absolute atomic E-state index is 0.638. The highest BCUT2D eigenvalue weighted by molar-refractivity contribution is 5.38. The molecule has 2 aliphatic heterocycles. The van der Waals surface area contributed by atoms with Gasteiger partial charge < -0.3 is 15.5 Å². The van der Waals surface area contributed by atoms with Crippen LogP contribution in [0.3, 0.4) is 0 Å². The van der Waals surface area contributed by atoms with Crippen LogP contribution in [-0.4, -0.2) is 53.9 Å². The molecule has 3 rings (SSSR count). The average Bonchev–Trinajstić information content (AvgIpc) is 2.75. The van der Waals surface area contributed by atoms with Crippen molar-refractivity contribution in [1.29, 1.82) is 0 Å². The molecule has 0 saturated carbocycles. The summed E-state index contributed by atoms with van der Waals surface area (Å²) in [6.45, 7) is 7.67. The third kappa shape index (κ3) is 3.09. The van der Waals surface area contributed by atoms with Crippen LogP contribution in [0.2, 0.25) is 0 Å². The summed E-state index contributed by atoms with van der Waals surface area (Å²) in [5.74, 6) is 1.81. The van der Waals surface area contributed by atoms with Crippen molar-refractivity contribution in [3.05, 3.63) is 11.8 Å². The molecule has 1 saturated heterocycles. The Kier molecular flexibility index (Phi) is 3.75. The van der Waals surface area contributed by atoms with Crippen LogP contribution in [0.1, 0.15) is 18.5 Å². The normalized spacial score (nSPS) is 27.9. The lowest BCUT2D eigenvalue weighted by Crippen LogP contribution is -2.47. The van der Waals surface area contributed by atoms with Gasteiger partial charge >= 0.3 is 0 Å². The van der Waals surface area contributed by atoms with Gasteiger partial charge in [0.2, 0.25) is 0 Å². The minimum Gasteiger partial charge on any atom is -0.370 e. The number of aryl methyl sites for hydroxylation is 1. The molecule has 5 heteroatoms. The van der Waals surface area contributed by atoms with Gasteiger partial charge in [-0.15, -0.1) is 0 Å². The molecule has 2 aliphatic rings. The van der Waals surface area contributed by atoms with Crippen LogP contribution in [0, 0.1) is 12.8 Å². The topological polar surface area (TPSA) is 45.1 Å². The lowest BCUT2D eigenvalue weighted by atomic mass is 10.0. The number of piperidine rings is 1. The highest BCUT2D eigenvalue weighted by Crippen LogP contribution is 2.18. The summed E-state index contributed by atoms with van der Waals surface area (Å²) in [4.78, 5) is 2.43. The van der Waals surface area contributed by atoms with Crippen LogP contribution >= 0.6 is 0 Å². The highest BCUT2D eigenvalue weighted by Gasteiger charge is 2.22. The molecule has 19 heavy (non-hydrogen) atoms. The van der Waals surface area contributed by atoms with Gasteiger partial charge in [-0.3, -0.25) is 0 Å². The van der Waals surface area contributed by atoms with E-state index in [1.54, 1.807) is 0 Å². The summed E-state index contributed by atoms with van der Waals surface area (Å²) in [6.07, 6.45) is 2.64. The number of hydrogen-bond donors (Lipinski definition) is 2. The van der Waals surface area contributed by atoms with Crippen molar-refractivity contribution in [3.63, 3.8) is 0 Å². The molecule has 1 aromatic rings. The predicted octanol–water partition coefficient (Wildman–Crippen LogP) is 0.917. The van der Waals surface area contributed by atoms with E-state index in [0.717, 1.165) is 25.3 Å². The first-order valence-corrected chi connectivity index (χ1v) is 7.41. The Bertz CT molecular complexity index is 427. The summed E-state index contributed by atoms with van der Waals surface area (Å²) in [5, 5.41) is 11.7. The lowest BCUT2D eigenvalue weighted by Gasteiger charge is -2.32. The standard InChI is InChI=1S/C14H25N5/c1-11-6-14-16-8-12(9-19(14)17-11)7-15-13-4-3-5-18(2)10-13/h6,12-13,15-16H,3-5,7-10H2,1-2H3/t12-,13+/m0/s1. The number of likely N-dealkylation sites (tertiary alicyclic amines) is 1. The van der Waals surface area contributed by atoms with Crippen molar-refractivity contribution in [2.24, 2.45) is 5.92 Å². The Morgan fingerprint density at radius 3 is 3.21 bits per heavy atom. The Morgan fingerprint density at radius 1 is 1.47 bits per heavy atom. The molecule has 0 unspecified atom stereocenters. The number of anilines is 1. The number of hydrogen-bond acceptors (Lipinski definition) is 4. The molecule has 106 valence electrons. The van der Waals surface area contributed by atoms with Crippen LogP contribution in [0.25, 0.3) is 0 Å². The average molecular weight is 263 g/mol. The molecule has 2 atom stereocenters. The number of nitrogens with one attached hydrogen (secondary N) is 2. The van der Waals surface area contributed by atoms with E-state index in [0.29, 0.717) is 12.0 Å². The molecule has 0 spiro atoms. The van der Waals surface area contributed by atoms with Gasteiger partial charge in [-0.2, -0.15) is 5.10 Å². The number of nitrogens with zero attached hydrogens (tertiary/aromatic N) is 3. The largest absolute Gasteiger partial charge is 0.370 e. The summed E-state index contributed by atoms with van der Waals surface area (Å²) in [5.41, 5.74) is 1.10. The third-order valence-electron chi connectivity index (χ3n) is 4.22. The van der Waals surface area contributed by atoms with E-state index in [1.807, 2.05) is 0 Å². The summed E-state index contributed by atoms with van der Waals surface area (Å²) in [6, 6.07) is 2.79. The van der Waals surface area contributed by atoms with Gasteiger partial charge in [0.25, 0.3) is 0 Å². The Labute approximate surface area is 115 Å². The van der Waals surface area contributed by atoms with Gasteiger partial charge in [0.05, 0.1) is 5.69 Å². The molecular formula is C14H25N5. The summed E-state index contributed by atoms with van der Waals surface area (Å²) >= 11 is 0. The molecule has 1 aromatic heterocycles. The zero-order valence-electron chi connectivity index (χ0n) is 12.0. The third-order valence-corrected chi connectivity index (χ3v) is 4.22. The Hall–Kier alpha value is -1.07. The van der Waals surface area contributed by atoms with E-state index < -0.39 is 0 Å². The van der Waals surface area contributed by atoms with Gasteiger partial charge in [-0.1, -0.05) is 0 Å². The van der Waals surface area contributed by atoms with Gasteiger partial charge in [0.1, 0.15) is 5.82 Å². The van der Waals surface area contributed by atoms with E-state index in [4.69, 9.17) is 0 Å². The van der Waals surface area contributed by atoms with E-state index in [2.05, 4.69) is 45.4 Å². The zero-order chi connectivity index (χ0) is 13.2. The maximum Gasteiger partial charge on any atom is 0.124 e. The molecular weight excluding hydrogens is 238 g/mol. The fourth-order valence-electron chi connectivity index (χ4n) is 3.19. The molecule has 0 bridgehead atoms. The predicted molar refractivity (Wildman–Crippen MR) is 77.5 cm³/mol. The Balaban J connectivity index is 1.49. The second-order valence-corrected chi connectivity index (χ2v) is 6.11. The first-order valence-electron chi connectivity index (χ1n) is 7.41. The summed E-state index contributed by atoms with van der Waals surface area (Å²) < 4.78 is 2.11. The number of likely N-dealkylation sites (N-methyl/N-ethyl adjacent to an activating group) is 1. The first kappa shape index (κ1) is 12.9. The highest BCUT2D eigenvalue weighted by atomic mass is 15.3. The van der Waals surface area contributed by atoms with Crippen LogP contribution in [0.4, 0.5) is 5.82 Å². The molecule has 0 aliphatic carbocycles. The maximum absolute atomic E-state index is 4.53. The van der Waals surface area contributed by atoms with Crippen LogP contribution < -0.4 is 10.6 Å². The van der Waals surface area contributed by atoms with E-state index in [-0.39, 0.29) is 0 Å². The monoisotopic (exact) mass is 263 g/mol. The molecule has 0 amide bonds. The SMILES string of the molecule is Cc1cc2n(n1)C[C@@H](CN[C@@H]1CCCN(C)C1)CN2. The first-order chi connectivity index (χ1) is 9.20. The quantitative estimate of drug-likeness (QED) is 0.851. The van der Waals surface area contributed by atoms with Crippen LogP contribution in [-0.2, 0) is 6.54 Å². The van der Waals surface area contributed by atoms with Gasteiger partial charge in [-0.25, -0.2) is 4.68 Å². The van der Waals surface area contributed by atoms with Gasteiger partial charge in [0, 0.05) is 44.2 Å². The lowest BCUT2D eigenvalue weighted by molar-refractivity contribution is 0.219. The number of fused-ring (bicyclic) bond motifs is 1. The fourth-order valence-corrected chi connectivity index (χ4v) is 3.19. The smallest absolute Gasteiger partial charge is 0.124 e. The van der Waals surface area contributed by atoms with Crippen molar-refractivity contribution in [1.82, 2.24) is 20.0 Å². The second-order valence-electron chi connectivity index (χ2n) is 6.11. The second kappa shape index (κ2) is 5.51. The minimum atomic E-state index is 0.638. The van der Waals surface area contributed by atoms with Crippen molar-refractivity contribution >= 4 is 5.82 Å². The van der Waals surface area contributed by atoms with Crippen molar-refractivity contribution in [2.45, 2.75) is 32.4 Å². The van der Waals surface area contributed by atoms with Crippen LogP contribution in [0.15, 0.2) is 6.07 Å². The van der Waals surface area contributed by atoms with Crippen molar-refractivity contribution in [3.8, 4) is 0 Å². The summed E-state index contributed by atoms with van der Waals surface area (Å²) in [7, 11) is 2.22. The Morgan fingerprint density at radius 2 is 2.37 bits per heavy atom. The molecule has 2 N–H and O–H groups in total.